The Bertz CT molecular complexity index is 731. The zero-order valence-electron chi connectivity index (χ0n) is 13.7. The third-order valence-corrected chi connectivity index (χ3v) is 4.70. The molecule has 1 fully saturated rings. The van der Waals surface area contributed by atoms with Crippen molar-refractivity contribution >= 4 is 16.9 Å². The van der Waals surface area contributed by atoms with Crippen molar-refractivity contribution in [1.82, 2.24) is 15.2 Å². The summed E-state index contributed by atoms with van der Waals surface area (Å²) in [5.74, 6) is -1.04. The molecule has 2 N–H and O–H groups in total. The molecule has 5 nitrogen and oxygen atoms in total. The first-order valence-electron chi connectivity index (χ1n) is 8.29. The van der Waals surface area contributed by atoms with Gasteiger partial charge in [-0.05, 0) is 43.1 Å². The molecule has 0 bridgehead atoms. The molecule has 6 heteroatoms. The molecule has 0 unspecified atom stereocenters. The molecule has 1 aliphatic rings. The number of nitrogens with zero attached hydrogens (tertiary/aromatic N) is 2. The van der Waals surface area contributed by atoms with E-state index in [1.165, 1.54) is 12.1 Å². The zero-order chi connectivity index (χ0) is 17.1. The molecule has 0 aliphatic heterocycles. The number of likely N-dealkylation sites (N-methyl/N-ethyl adjacent to an activating group) is 1. The highest BCUT2D eigenvalue weighted by molar-refractivity contribution is 5.81. The Morgan fingerprint density at radius 3 is 2.96 bits per heavy atom. The molecule has 1 aromatic carbocycles. The highest BCUT2D eigenvalue weighted by Crippen LogP contribution is 2.26. The van der Waals surface area contributed by atoms with E-state index in [4.69, 9.17) is 5.11 Å². The molecule has 3 rings (SSSR count). The fraction of sp³-hybridized carbons (Fsp3) is 0.444. The number of hydrogen-bond donors (Lipinski definition) is 2. The molecule has 0 saturated heterocycles. The molecule has 2 aromatic rings. The Labute approximate surface area is 140 Å². The van der Waals surface area contributed by atoms with E-state index in [-0.39, 0.29) is 12.4 Å². The van der Waals surface area contributed by atoms with Gasteiger partial charge >= 0.3 is 5.97 Å². The molecule has 1 aromatic heterocycles. The van der Waals surface area contributed by atoms with Gasteiger partial charge in [-0.2, -0.15) is 0 Å². The van der Waals surface area contributed by atoms with Gasteiger partial charge in [0.05, 0.1) is 12.1 Å². The number of benzene rings is 1. The normalized spacial score (nSPS) is 20.3. The standard InChI is InChI=1S/C18H22FN3O2/c1-2-22(11-17(23)24)16-8-15(9-16)21-10-13-7-14(19)6-12-4-3-5-20-18(12)13/h3-7,15-16,21H,2,8-11H2,1H3,(H,23,24). The number of carboxylic acid groups (broad SMARTS) is 1. The smallest absolute Gasteiger partial charge is 0.317 e. The quantitative estimate of drug-likeness (QED) is 0.816. The van der Waals surface area contributed by atoms with Gasteiger partial charge in [-0.15, -0.1) is 0 Å². The minimum absolute atomic E-state index is 0.0896. The van der Waals surface area contributed by atoms with Crippen molar-refractivity contribution in [2.24, 2.45) is 0 Å². The zero-order valence-corrected chi connectivity index (χ0v) is 13.7. The van der Waals surface area contributed by atoms with E-state index >= 15 is 0 Å². The average Bonchev–Trinajstić information content (AvgIpc) is 2.51. The monoisotopic (exact) mass is 331 g/mol. The van der Waals surface area contributed by atoms with Crippen LogP contribution < -0.4 is 5.32 Å². The molecule has 0 amide bonds. The van der Waals surface area contributed by atoms with Crippen molar-refractivity contribution in [1.29, 1.82) is 0 Å². The minimum Gasteiger partial charge on any atom is -0.480 e. The van der Waals surface area contributed by atoms with Crippen molar-refractivity contribution in [2.45, 2.75) is 38.4 Å². The molecule has 24 heavy (non-hydrogen) atoms. The lowest BCUT2D eigenvalue weighted by atomic mass is 9.85. The number of nitrogens with one attached hydrogen (secondary N) is 1. The summed E-state index contributed by atoms with van der Waals surface area (Å²) in [5, 5.41) is 13.2. The van der Waals surface area contributed by atoms with Gasteiger partial charge < -0.3 is 10.4 Å². The number of fused-ring (bicyclic) bond motifs is 1. The van der Waals surface area contributed by atoms with Gasteiger partial charge in [-0.25, -0.2) is 4.39 Å². The second-order valence-electron chi connectivity index (χ2n) is 6.30. The summed E-state index contributed by atoms with van der Waals surface area (Å²) in [6.45, 7) is 3.37. The summed E-state index contributed by atoms with van der Waals surface area (Å²) >= 11 is 0. The number of halogens is 1. The van der Waals surface area contributed by atoms with E-state index in [2.05, 4.69) is 10.3 Å². The van der Waals surface area contributed by atoms with Gasteiger partial charge in [-0.3, -0.25) is 14.7 Å². The number of hydrogen-bond acceptors (Lipinski definition) is 4. The number of rotatable bonds is 7. The minimum atomic E-state index is -0.787. The second-order valence-corrected chi connectivity index (χ2v) is 6.30. The molecular formula is C18H22FN3O2. The first kappa shape index (κ1) is 16.8. The first-order chi connectivity index (χ1) is 11.6. The lowest BCUT2D eigenvalue weighted by Gasteiger charge is -2.42. The molecule has 1 heterocycles. The number of carboxylic acids is 1. The highest BCUT2D eigenvalue weighted by atomic mass is 19.1. The molecule has 128 valence electrons. The largest absolute Gasteiger partial charge is 0.480 e. The predicted octanol–water partition coefficient (Wildman–Crippen LogP) is 2.40. The van der Waals surface area contributed by atoms with Crippen LogP contribution in [0.1, 0.15) is 25.3 Å². The second kappa shape index (κ2) is 7.23. The Morgan fingerprint density at radius 1 is 1.46 bits per heavy atom. The maximum atomic E-state index is 13.7. The SMILES string of the molecule is CCN(CC(=O)O)C1CC(NCc2cc(F)cc3cccnc23)C1. The van der Waals surface area contributed by atoms with Crippen LogP contribution in [-0.4, -0.2) is 46.1 Å². The summed E-state index contributed by atoms with van der Waals surface area (Å²) in [7, 11) is 0. The van der Waals surface area contributed by atoms with Crippen LogP contribution in [0.5, 0.6) is 0 Å². The number of aliphatic carboxylic acids is 1. The molecular weight excluding hydrogens is 309 g/mol. The average molecular weight is 331 g/mol. The summed E-state index contributed by atoms with van der Waals surface area (Å²) in [6, 6.07) is 7.33. The Kier molecular flexibility index (Phi) is 5.06. The van der Waals surface area contributed by atoms with Crippen LogP contribution in [-0.2, 0) is 11.3 Å². The third kappa shape index (κ3) is 3.71. The van der Waals surface area contributed by atoms with Crippen molar-refractivity contribution in [2.75, 3.05) is 13.1 Å². The van der Waals surface area contributed by atoms with E-state index in [1.54, 1.807) is 12.3 Å². The number of aromatic nitrogens is 1. The van der Waals surface area contributed by atoms with E-state index in [0.29, 0.717) is 18.6 Å². The third-order valence-electron chi connectivity index (χ3n) is 4.70. The van der Waals surface area contributed by atoms with Crippen molar-refractivity contribution in [3.8, 4) is 0 Å². The van der Waals surface area contributed by atoms with Crippen LogP contribution in [0.4, 0.5) is 4.39 Å². The van der Waals surface area contributed by atoms with E-state index < -0.39 is 5.97 Å². The summed E-state index contributed by atoms with van der Waals surface area (Å²) in [5.41, 5.74) is 1.68. The van der Waals surface area contributed by atoms with Gasteiger partial charge in [0.25, 0.3) is 0 Å². The van der Waals surface area contributed by atoms with Gasteiger partial charge in [0.15, 0.2) is 0 Å². The van der Waals surface area contributed by atoms with Crippen molar-refractivity contribution < 1.29 is 14.3 Å². The maximum absolute atomic E-state index is 13.7. The van der Waals surface area contributed by atoms with Crippen LogP contribution in [0.15, 0.2) is 30.5 Å². The topological polar surface area (TPSA) is 65.5 Å². The van der Waals surface area contributed by atoms with Gasteiger partial charge in [0, 0.05) is 30.2 Å². The van der Waals surface area contributed by atoms with Gasteiger partial charge in [0.2, 0.25) is 0 Å². The number of pyridine rings is 1. The number of carbonyl (C=O) groups is 1. The summed E-state index contributed by atoms with van der Waals surface area (Å²) in [4.78, 5) is 17.2. The fourth-order valence-corrected chi connectivity index (χ4v) is 3.34. The summed E-state index contributed by atoms with van der Waals surface area (Å²) < 4.78 is 13.7. The van der Waals surface area contributed by atoms with Crippen LogP contribution in [0, 0.1) is 5.82 Å². The van der Waals surface area contributed by atoms with Gasteiger partial charge in [-0.1, -0.05) is 13.0 Å². The molecule has 0 atom stereocenters. The predicted molar refractivity (Wildman–Crippen MR) is 90.2 cm³/mol. The first-order valence-corrected chi connectivity index (χ1v) is 8.29. The molecule has 1 saturated carbocycles. The molecule has 1 aliphatic carbocycles. The van der Waals surface area contributed by atoms with Crippen molar-refractivity contribution in [3.63, 3.8) is 0 Å². The van der Waals surface area contributed by atoms with E-state index in [1.807, 2.05) is 17.9 Å². The molecule has 0 spiro atoms. The Morgan fingerprint density at radius 2 is 2.25 bits per heavy atom. The van der Waals surface area contributed by atoms with Crippen LogP contribution >= 0.6 is 0 Å². The Balaban J connectivity index is 1.58. The fourth-order valence-electron chi connectivity index (χ4n) is 3.34. The van der Waals surface area contributed by atoms with E-state index in [0.717, 1.165) is 35.9 Å². The summed E-state index contributed by atoms with van der Waals surface area (Å²) in [6.07, 6.45) is 3.55. The van der Waals surface area contributed by atoms with Crippen LogP contribution in [0.2, 0.25) is 0 Å². The van der Waals surface area contributed by atoms with Crippen LogP contribution in [0.3, 0.4) is 0 Å². The lowest BCUT2D eigenvalue weighted by molar-refractivity contribution is -0.139. The Hall–Kier alpha value is -2.05. The van der Waals surface area contributed by atoms with Crippen LogP contribution in [0.25, 0.3) is 10.9 Å². The van der Waals surface area contributed by atoms with Gasteiger partial charge in [0.1, 0.15) is 5.82 Å². The van der Waals surface area contributed by atoms with Crippen molar-refractivity contribution in [3.05, 3.63) is 41.8 Å². The lowest BCUT2D eigenvalue weighted by Crippen LogP contribution is -2.53. The maximum Gasteiger partial charge on any atom is 0.317 e. The molecule has 0 radical (unpaired) electrons. The van der Waals surface area contributed by atoms with E-state index in [9.17, 15) is 9.18 Å². The highest BCUT2D eigenvalue weighted by Gasteiger charge is 2.33.